The number of amides is 2. The van der Waals surface area contributed by atoms with E-state index in [1.165, 1.54) is 20.8 Å². The maximum atomic E-state index is 12.5. The molecule has 0 radical (unpaired) electrons. The lowest BCUT2D eigenvalue weighted by Gasteiger charge is -2.25. The highest BCUT2D eigenvalue weighted by atomic mass is 16.4. The molecule has 2 aromatic rings. The fourth-order valence-electron chi connectivity index (χ4n) is 2.42. The predicted octanol–water partition coefficient (Wildman–Crippen LogP) is 1.19. The number of aromatic amines is 1. The minimum Gasteiger partial charge on any atom is -0.480 e. The minimum atomic E-state index is -1.42. The summed E-state index contributed by atoms with van der Waals surface area (Å²) in [6.45, 7) is 4.10. The molecule has 1 aromatic carbocycles. The van der Waals surface area contributed by atoms with Gasteiger partial charge in [0.15, 0.2) is 0 Å². The van der Waals surface area contributed by atoms with E-state index in [0.29, 0.717) is 0 Å². The molecule has 1 atom stereocenters. The molecule has 1 unspecified atom stereocenters. The Bertz CT molecular complexity index is 779. The smallest absolute Gasteiger partial charge is 0.328 e. The largest absolute Gasteiger partial charge is 0.480 e. The van der Waals surface area contributed by atoms with Crippen molar-refractivity contribution in [2.24, 2.45) is 0 Å². The number of para-hydroxylation sites is 1. The van der Waals surface area contributed by atoms with Crippen molar-refractivity contribution in [1.29, 1.82) is 0 Å². The highest BCUT2D eigenvalue weighted by Gasteiger charge is 2.32. The molecule has 0 saturated carbocycles. The van der Waals surface area contributed by atoms with Gasteiger partial charge in [0.1, 0.15) is 11.6 Å². The van der Waals surface area contributed by atoms with Crippen LogP contribution in [0.15, 0.2) is 30.5 Å². The van der Waals surface area contributed by atoms with Crippen LogP contribution in [0.25, 0.3) is 10.9 Å². The summed E-state index contributed by atoms with van der Waals surface area (Å²) in [6.07, 6.45) is 2.04. The molecular weight excluding hydrogens is 310 g/mol. The van der Waals surface area contributed by atoms with Crippen molar-refractivity contribution in [2.75, 3.05) is 0 Å². The summed E-state index contributed by atoms with van der Waals surface area (Å²) in [5, 5.41) is 15.1. The van der Waals surface area contributed by atoms with Crippen molar-refractivity contribution in [3.8, 4) is 0 Å². The Labute approximate surface area is 139 Å². The van der Waals surface area contributed by atoms with Crippen molar-refractivity contribution in [3.63, 3.8) is 0 Å². The molecule has 7 nitrogen and oxygen atoms in total. The molecule has 4 N–H and O–H groups in total. The van der Waals surface area contributed by atoms with Crippen molar-refractivity contribution in [2.45, 2.75) is 38.8 Å². The topological polar surface area (TPSA) is 111 Å². The Morgan fingerprint density at radius 1 is 1.25 bits per heavy atom. The summed E-state index contributed by atoms with van der Waals surface area (Å²) in [5.41, 5.74) is 0.376. The monoisotopic (exact) mass is 331 g/mol. The Balaban J connectivity index is 2.23. The standard InChI is InChI=1S/C17H21N3O4/c1-10(21)19-14(15(22)20-17(2,3)16(23)24)8-11-9-18-13-7-5-4-6-12(11)13/h4-7,9,14,18H,8H2,1-3H3,(H,19,21)(H,20,22)(H,23,24). The number of hydrogen-bond donors (Lipinski definition) is 4. The number of hydrogen-bond acceptors (Lipinski definition) is 3. The number of benzene rings is 1. The summed E-state index contributed by atoms with van der Waals surface area (Å²) >= 11 is 0. The Kier molecular flexibility index (Phi) is 4.92. The molecule has 1 heterocycles. The van der Waals surface area contributed by atoms with Crippen molar-refractivity contribution in [3.05, 3.63) is 36.0 Å². The first kappa shape index (κ1) is 17.5. The molecule has 24 heavy (non-hydrogen) atoms. The van der Waals surface area contributed by atoms with E-state index < -0.39 is 23.5 Å². The summed E-state index contributed by atoms with van der Waals surface area (Å²) in [4.78, 5) is 38.2. The first-order valence-electron chi connectivity index (χ1n) is 7.58. The maximum absolute atomic E-state index is 12.5. The number of carbonyl (C=O) groups excluding carboxylic acids is 2. The van der Waals surface area contributed by atoms with Gasteiger partial charge in [-0.1, -0.05) is 18.2 Å². The molecule has 128 valence electrons. The zero-order chi connectivity index (χ0) is 17.9. The third-order valence-corrected chi connectivity index (χ3v) is 3.76. The lowest BCUT2D eigenvalue weighted by atomic mass is 10.0. The number of carbonyl (C=O) groups is 3. The van der Waals surface area contributed by atoms with Crippen LogP contribution < -0.4 is 10.6 Å². The lowest BCUT2D eigenvalue weighted by Crippen LogP contribution is -2.56. The number of nitrogens with one attached hydrogen (secondary N) is 3. The van der Waals surface area contributed by atoms with E-state index in [4.69, 9.17) is 5.11 Å². The molecule has 0 aliphatic heterocycles. The average Bonchev–Trinajstić information content (AvgIpc) is 2.89. The van der Waals surface area contributed by atoms with Gasteiger partial charge in [-0.3, -0.25) is 9.59 Å². The van der Waals surface area contributed by atoms with E-state index >= 15 is 0 Å². The second-order valence-electron chi connectivity index (χ2n) is 6.24. The van der Waals surface area contributed by atoms with Gasteiger partial charge >= 0.3 is 5.97 Å². The summed E-state index contributed by atoms with van der Waals surface area (Å²) < 4.78 is 0. The van der Waals surface area contributed by atoms with E-state index in [-0.39, 0.29) is 12.3 Å². The molecule has 0 saturated heterocycles. The van der Waals surface area contributed by atoms with Crippen LogP contribution in [0.3, 0.4) is 0 Å². The molecule has 0 spiro atoms. The van der Waals surface area contributed by atoms with Gasteiger partial charge in [-0.15, -0.1) is 0 Å². The molecule has 2 rings (SSSR count). The number of aliphatic carboxylic acids is 1. The van der Waals surface area contributed by atoms with Crippen LogP contribution in [-0.4, -0.2) is 39.5 Å². The fraction of sp³-hybridized carbons (Fsp3) is 0.353. The van der Waals surface area contributed by atoms with Gasteiger partial charge in [-0.2, -0.15) is 0 Å². The number of carboxylic acid groups (broad SMARTS) is 1. The zero-order valence-corrected chi connectivity index (χ0v) is 13.8. The molecule has 2 amide bonds. The summed E-state index contributed by atoms with van der Waals surface area (Å²) in [7, 11) is 0. The molecule has 0 fully saturated rings. The van der Waals surface area contributed by atoms with Crippen LogP contribution in [0, 0.1) is 0 Å². The third-order valence-electron chi connectivity index (χ3n) is 3.76. The quantitative estimate of drug-likeness (QED) is 0.637. The van der Waals surface area contributed by atoms with Crippen molar-refractivity contribution >= 4 is 28.7 Å². The molecule has 7 heteroatoms. The van der Waals surface area contributed by atoms with Crippen LogP contribution >= 0.6 is 0 Å². The van der Waals surface area contributed by atoms with E-state index in [2.05, 4.69) is 15.6 Å². The summed E-state index contributed by atoms with van der Waals surface area (Å²) in [5.74, 6) is -2.05. The summed E-state index contributed by atoms with van der Waals surface area (Å²) in [6, 6.07) is 6.77. The van der Waals surface area contributed by atoms with Crippen LogP contribution in [0.5, 0.6) is 0 Å². The van der Waals surface area contributed by atoms with Crippen LogP contribution in [0.2, 0.25) is 0 Å². The number of carboxylic acids is 1. The zero-order valence-electron chi connectivity index (χ0n) is 13.8. The Morgan fingerprint density at radius 2 is 1.92 bits per heavy atom. The minimum absolute atomic E-state index is 0.255. The number of fused-ring (bicyclic) bond motifs is 1. The second-order valence-corrected chi connectivity index (χ2v) is 6.24. The van der Waals surface area contributed by atoms with Crippen molar-refractivity contribution < 1.29 is 19.5 Å². The van der Waals surface area contributed by atoms with Crippen LogP contribution in [0.4, 0.5) is 0 Å². The third kappa shape index (κ3) is 3.92. The lowest BCUT2D eigenvalue weighted by molar-refractivity contribution is -0.146. The van der Waals surface area contributed by atoms with Gasteiger partial charge in [0.25, 0.3) is 0 Å². The number of H-pyrrole nitrogens is 1. The van der Waals surface area contributed by atoms with Gasteiger partial charge in [0, 0.05) is 30.4 Å². The first-order chi connectivity index (χ1) is 11.2. The number of rotatable bonds is 6. The van der Waals surface area contributed by atoms with Crippen molar-refractivity contribution in [1.82, 2.24) is 15.6 Å². The number of aromatic nitrogens is 1. The van der Waals surface area contributed by atoms with Gasteiger partial charge in [-0.05, 0) is 25.5 Å². The first-order valence-corrected chi connectivity index (χ1v) is 7.58. The molecule has 0 aliphatic rings. The molecule has 0 aliphatic carbocycles. The Morgan fingerprint density at radius 3 is 2.54 bits per heavy atom. The normalized spacial score (nSPS) is 12.6. The van der Waals surface area contributed by atoms with E-state index in [9.17, 15) is 14.4 Å². The average molecular weight is 331 g/mol. The molecule has 0 bridgehead atoms. The van der Waals surface area contributed by atoms with Crippen LogP contribution in [0.1, 0.15) is 26.3 Å². The van der Waals surface area contributed by atoms with Gasteiger partial charge in [-0.25, -0.2) is 4.79 Å². The maximum Gasteiger partial charge on any atom is 0.328 e. The van der Waals surface area contributed by atoms with E-state index in [1.807, 2.05) is 24.3 Å². The fourth-order valence-corrected chi connectivity index (χ4v) is 2.42. The van der Waals surface area contributed by atoms with E-state index in [1.54, 1.807) is 6.20 Å². The highest BCUT2D eigenvalue weighted by molar-refractivity contribution is 5.92. The SMILES string of the molecule is CC(=O)NC(Cc1c[nH]c2ccccc12)C(=O)NC(C)(C)C(=O)O. The van der Waals surface area contributed by atoms with E-state index in [0.717, 1.165) is 16.5 Å². The van der Waals surface area contributed by atoms with Crippen LogP contribution in [-0.2, 0) is 20.8 Å². The predicted molar refractivity (Wildman–Crippen MR) is 89.5 cm³/mol. The van der Waals surface area contributed by atoms with Gasteiger partial charge in [0.05, 0.1) is 0 Å². The van der Waals surface area contributed by atoms with Gasteiger partial charge < -0.3 is 20.7 Å². The Hall–Kier alpha value is -2.83. The molecule has 1 aromatic heterocycles. The molecular formula is C17H21N3O4. The van der Waals surface area contributed by atoms with Gasteiger partial charge in [0.2, 0.25) is 11.8 Å². The second kappa shape index (κ2) is 6.74. The highest BCUT2D eigenvalue weighted by Crippen LogP contribution is 2.19.